The van der Waals surface area contributed by atoms with Crippen molar-refractivity contribution in [2.24, 2.45) is 0 Å². The first-order valence-electron chi connectivity index (χ1n) is 11.2. The second-order valence-corrected chi connectivity index (χ2v) is 8.08. The number of morpholine rings is 1. The SMILES string of the molecule is O=C(CN1CCN(C/C=C/c2ccccc2)CC1)Nc1ccc(N2CCOCC2)cc1. The zero-order valence-electron chi connectivity index (χ0n) is 18.1. The van der Waals surface area contributed by atoms with Crippen LogP contribution in [0.4, 0.5) is 11.4 Å². The van der Waals surface area contributed by atoms with E-state index < -0.39 is 0 Å². The molecule has 0 saturated carbocycles. The smallest absolute Gasteiger partial charge is 0.238 e. The highest BCUT2D eigenvalue weighted by Gasteiger charge is 2.18. The Hall–Kier alpha value is -2.67. The van der Waals surface area contributed by atoms with E-state index in [2.05, 4.69) is 68.6 Å². The molecule has 2 aliphatic rings. The van der Waals surface area contributed by atoms with E-state index in [9.17, 15) is 4.79 Å². The number of amides is 1. The summed E-state index contributed by atoms with van der Waals surface area (Å²) in [5, 5.41) is 3.03. The molecule has 6 nitrogen and oxygen atoms in total. The van der Waals surface area contributed by atoms with Crippen molar-refractivity contribution in [3.05, 3.63) is 66.2 Å². The van der Waals surface area contributed by atoms with Crippen LogP contribution in [-0.4, -0.2) is 81.3 Å². The van der Waals surface area contributed by atoms with E-state index in [0.717, 1.165) is 64.7 Å². The molecule has 31 heavy (non-hydrogen) atoms. The van der Waals surface area contributed by atoms with Crippen molar-refractivity contribution in [1.29, 1.82) is 0 Å². The van der Waals surface area contributed by atoms with Gasteiger partial charge >= 0.3 is 0 Å². The predicted molar refractivity (Wildman–Crippen MR) is 126 cm³/mol. The maximum Gasteiger partial charge on any atom is 0.238 e. The first-order chi connectivity index (χ1) is 15.3. The van der Waals surface area contributed by atoms with Crippen molar-refractivity contribution < 1.29 is 9.53 Å². The Morgan fingerprint density at radius 1 is 0.871 bits per heavy atom. The van der Waals surface area contributed by atoms with E-state index in [1.807, 2.05) is 18.2 Å². The average molecular weight is 421 g/mol. The fourth-order valence-corrected chi connectivity index (χ4v) is 4.01. The van der Waals surface area contributed by atoms with Crippen LogP contribution >= 0.6 is 0 Å². The van der Waals surface area contributed by atoms with Gasteiger partial charge in [0.15, 0.2) is 0 Å². The monoisotopic (exact) mass is 420 g/mol. The van der Waals surface area contributed by atoms with Crippen molar-refractivity contribution in [1.82, 2.24) is 9.80 Å². The summed E-state index contributed by atoms with van der Waals surface area (Å²) < 4.78 is 5.40. The number of hydrogen-bond acceptors (Lipinski definition) is 5. The van der Waals surface area contributed by atoms with Gasteiger partial charge in [-0.05, 0) is 29.8 Å². The van der Waals surface area contributed by atoms with Gasteiger partial charge in [-0.1, -0.05) is 42.5 Å². The van der Waals surface area contributed by atoms with Crippen molar-refractivity contribution in [3.63, 3.8) is 0 Å². The van der Waals surface area contributed by atoms with Gasteiger partial charge in [0.25, 0.3) is 0 Å². The van der Waals surface area contributed by atoms with Gasteiger partial charge in [0.2, 0.25) is 5.91 Å². The lowest BCUT2D eigenvalue weighted by atomic mass is 10.2. The fraction of sp³-hybridized carbons (Fsp3) is 0.400. The van der Waals surface area contributed by atoms with E-state index in [-0.39, 0.29) is 5.91 Å². The normalized spacial score (nSPS) is 18.4. The van der Waals surface area contributed by atoms with Crippen LogP contribution in [0.2, 0.25) is 0 Å². The van der Waals surface area contributed by atoms with E-state index >= 15 is 0 Å². The molecular weight excluding hydrogens is 388 g/mol. The highest BCUT2D eigenvalue weighted by molar-refractivity contribution is 5.92. The van der Waals surface area contributed by atoms with E-state index in [1.54, 1.807) is 0 Å². The van der Waals surface area contributed by atoms with Gasteiger partial charge in [-0.3, -0.25) is 14.6 Å². The third-order valence-corrected chi connectivity index (χ3v) is 5.83. The molecule has 1 amide bonds. The minimum atomic E-state index is 0.0524. The van der Waals surface area contributed by atoms with E-state index in [4.69, 9.17) is 4.74 Å². The van der Waals surface area contributed by atoms with Crippen LogP contribution in [0.3, 0.4) is 0 Å². The topological polar surface area (TPSA) is 48.1 Å². The summed E-state index contributed by atoms with van der Waals surface area (Å²) in [5.41, 5.74) is 3.27. The fourth-order valence-electron chi connectivity index (χ4n) is 4.01. The molecule has 0 bridgehead atoms. The van der Waals surface area contributed by atoms with Gasteiger partial charge in [0.05, 0.1) is 19.8 Å². The molecule has 2 fully saturated rings. The van der Waals surface area contributed by atoms with Crippen molar-refractivity contribution in [2.45, 2.75) is 0 Å². The molecule has 1 N–H and O–H groups in total. The van der Waals surface area contributed by atoms with Crippen molar-refractivity contribution >= 4 is 23.4 Å². The van der Waals surface area contributed by atoms with Crippen molar-refractivity contribution in [2.75, 3.05) is 75.8 Å². The zero-order valence-corrected chi connectivity index (χ0v) is 18.1. The molecule has 0 aromatic heterocycles. The zero-order chi connectivity index (χ0) is 21.3. The average Bonchev–Trinajstić information content (AvgIpc) is 2.82. The Kier molecular flexibility index (Phi) is 7.71. The van der Waals surface area contributed by atoms with E-state index in [0.29, 0.717) is 6.54 Å². The van der Waals surface area contributed by atoms with E-state index in [1.165, 1.54) is 11.3 Å². The number of ether oxygens (including phenoxy) is 1. The summed E-state index contributed by atoms with van der Waals surface area (Å²) in [5.74, 6) is 0.0524. The summed E-state index contributed by atoms with van der Waals surface area (Å²) in [6.45, 7) is 8.58. The lowest BCUT2D eigenvalue weighted by molar-refractivity contribution is -0.117. The summed E-state index contributed by atoms with van der Waals surface area (Å²) in [4.78, 5) is 19.4. The number of carbonyl (C=O) groups is 1. The molecule has 6 heteroatoms. The first-order valence-corrected chi connectivity index (χ1v) is 11.2. The molecular formula is C25H32N4O2. The lowest BCUT2D eigenvalue weighted by Gasteiger charge is -2.33. The summed E-state index contributed by atoms with van der Waals surface area (Å²) >= 11 is 0. The maximum atomic E-state index is 12.5. The highest BCUT2D eigenvalue weighted by atomic mass is 16.5. The number of hydrogen-bond donors (Lipinski definition) is 1. The first kappa shape index (κ1) is 21.6. The molecule has 164 valence electrons. The van der Waals surface area contributed by atoms with Crippen LogP contribution in [0.1, 0.15) is 5.56 Å². The number of benzene rings is 2. The molecule has 0 unspecified atom stereocenters. The van der Waals surface area contributed by atoms with Gasteiger partial charge in [0, 0.05) is 57.2 Å². The summed E-state index contributed by atoms with van der Waals surface area (Å²) in [7, 11) is 0. The van der Waals surface area contributed by atoms with Crippen LogP contribution in [0, 0.1) is 0 Å². The molecule has 2 heterocycles. The number of nitrogens with one attached hydrogen (secondary N) is 1. The Bertz CT molecular complexity index is 840. The Balaban J connectivity index is 1.16. The molecule has 2 aromatic carbocycles. The summed E-state index contributed by atoms with van der Waals surface area (Å²) in [6, 6.07) is 18.5. The second kappa shape index (κ2) is 11.1. The molecule has 2 aliphatic heterocycles. The number of nitrogens with zero attached hydrogens (tertiary/aromatic N) is 3. The van der Waals surface area contributed by atoms with Gasteiger partial charge in [0.1, 0.15) is 0 Å². The van der Waals surface area contributed by atoms with Gasteiger partial charge in [-0.2, -0.15) is 0 Å². The Morgan fingerprint density at radius 2 is 1.55 bits per heavy atom. The van der Waals surface area contributed by atoms with Crippen LogP contribution in [0.15, 0.2) is 60.7 Å². The van der Waals surface area contributed by atoms with Crippen LogP contribution in [0.25, 0.3) is 6.08 Å². The molecule has 0 atom stereocenters. The molecule has 0 radical (unpaired) electrons. The standard InChI is InChI=1S/C25H32N4O2/c30-25(26-23-8-10-24(11-9-23)29-17-19-31-20-18-29)21-28-15-13-27(14-16-28)12-4-7-22-5-2-1-3-6-22/h1-11H,12-21H2,(H,26,30)/b7-4+. The Morgan fingerprint density at radius 3 is 2.26 bits per heavy atom. The quantitative estimate of drug-likeness (QED) is 0.747. The molecule has 0 spiro atoms. The predicted octanol–water partition coefficient (Wildman–Crippen LogP) is 2.79. The van der Waals surface area contributed by atoms with Crippen LogP contribution in [0.5, 0.6) is 0 Å². The Labute approximate surface area is 185 Å². The van der Waals surface area contributed by atoms with Gasteiger partial charge < -0.3 is 15.0 Å². The number of piperazine rings is 1. The largest absolute Gasteiger partial charge is 0.378 e. The highest BCUT2D eigenvalue weighted by Crippen LogP contribution is 2.19. The summed E-state index contributed by atoms with van der Waals surface area (Å²) in [6.07, 6.45) is 4.39. The molecule has 2 aromatic rings. The number of carbonyl (C=O) groups excluding carboxylic acids is 1. The maximum absolute atomic E-state index is 12.5. The van der Waals surface area contributed by atoms with Crippen LogP contribution in [-0.2, 0) is 9.53 Å². The third-order valence-electron chi connectivity index (χ3n) is 5.83. The van der Waals surface area contributed by atoms with Gasteiger partial charge in [-0.15, -0.1) is 0 Å². The van der Waals surface area contributed by atoms with Gasteiger partial charge in [-0.25, -0.2) is 0 Å². The molecule has 4 rings (SSSR count). The lowest BCUT2D eigenvalue weighted by Crippen LogP contribution is -2.48. The third kappa shape index (κ3) is 6.66. The molecule has 2 saturated heterocycles. The second-order valence-electron chi connectivity index (χ2n) is 8.08. The number of anilines is 2. The minimum Gasteiger partial charge on any atom is -0.378 e. The van der Waals surface area contributed by atoms with Crippen molar-refractivity contribution in [3.8, 4) is 0 Å². The van der Waals surface area contributed by atoms with Crippen LogP contribution < -0.4 is 10.2 Å². The number of rotatable bonds is 7. The minimum absolute atomic E-state index is 0.0524. The molecule has 0 aliphatic carbocycles.